The second-order valence-electron chi connectivity index (χ2n) is 6.14. The summed E-state index contributed by atoms with van der Waals surface area (Å²) in [4.78, 5) is 15.1. The molecule has 2 aromatic heterocycles. The lowest BCUT2D eigenvalue weighted by atomic mass is 10.0. The van der Waals surface area contributed by atoms with Gasteiger partial charge >= 0.3 is 0 Å². The Bertz CT molecular complexity index is 1060. The molecule has 0 aliphatic rings. The average molecular weight is 411 g/mol. The minimum atomic E-state index is -2.96. The van der Waals surface area contributed by atoms with E-state index in [1.54, 1.807) is 0 Å². The molecule has 0 spiro atoms. The molecule has 0 saturated heterocycles. The van der Waals surface area contributed by atoms with Gasteiger partial charge in [-0.05, 0) is 6.07 Å². The molecule has 11 heteroatoms. The van der Waals surface area contributed by atoms with Gasteiger partial charge in [-0.15, -0.1) is 0 Å². The van der Waals surface area contributed by atoms with Crippen molar-refractivity contribution in [3.63, 3.8) is 0 Å². The average Bonchev–Trinajstić information content (AvgIpc) is 3.26. The van der Waals surface area contributed by atoms with Gasteiger partial charge < -0.3 is 15.0 Å². The van der Waals surface area contributed by atoms with Crippen LogP contribution in [0.4, 0.5) is 17.6 Å². The molecule has 1 amide bonds. The van der Waals surface area contributed by atoms with Crippen LogP contribution in [0.25, 0.3) is 22.4 Å². The maximum absolute atomic E-state index is 14.8. The van der Waals surface area contributed by atoms with Crippen molar-refractivity contribution < 1.29 is 27.1 Å². The molecular weight excluding hydrogens is 394 g/mol. The largest absolute Gasteiger partial charge is 0.383 e. The highest BCUT2D eigenvalue weighted by Gasteiger charge is 2.26. The van der Waals surface area contributed by atoms with E-state index in [0.29, 0.717) is 0 Å². The molecule has 1 aromatic carbocycles. The predicted octanol–water partition coefficient (Wildman–Crippen LogP) is 2.91. The molecule has 2 heterocycles. The zero-order valence-electron chi connectivity index (χ0n) is 15.5. The fourth-order valence-electron chi connectivity index (χ4n) is 3.03. The molecule has 154 valence electrons. The first kappa shape index (κ1) is 20.5. The van der Waals surface area contributed by atoms with E-state index >= 15 is 0 Å². The lowest BCUT2D eigenvalue weighted by Crippen LogP contribution is -2.17. The van der Waals surface area contributed by atoms with Crippen LogP contribution in [0.15, 0.2) is 24.5 Å². The fraction of sp³-hybridized carbons (Fsp3) is 0.278. The standard InChI is InChI=1S/C18H17F4N5O2/c1-26-12(8-24-18(26)17(23)28)10-4-3-9(13(19)14(10)20)11-7-25-27(5-6-29-2)15(11)16(21)22/h3-4,7-8,16H,5-6H2,1-2H3,(H2,23,28). The van der Waals surface area contributed by atoms with Gasteiger partial charge in [-0.2, -0.15) is 5.10 Å². The highest BCUT2D eigenvalue weighted by Crippen LogP contribution is 2.36. The van der Waals surface area contributed by atoms with E-state index in [4.69, 9.17) is 10.5 Å². The number of amides is 1. The number of rotatable bonds is 7. The molecule has 0 aliphatic heterocycles. The molecule has 0 fully saturated rings. The van der Waals surface area contributed by atoms with Gasteiger partial charge in [-0.3, -0.25) is 9.48 Å². The summed E-state index contributed by atoms with van der Waals surface area (Å²) in [6.45, 7) is 0.155. The summed E-state index contributed by atoms with van der Waals surface area (Å²) in [5.74, 6) is -3.56. The molecule has 0 atom stereocenters. The Morgan fingerprint density at radius 3 is 2.41 bits per heavy atom. The number of carbonyl (C=O) groups excluding carboxylic acids is 1. The Morgan fingerprint density at radius 1 is 1.17 bits per heavy atom. The van der Waals surface area contributed by atoms with Crippen molar-refractivity contribution >= 4 is 5.91 Å². The first-order chi connectivity index (χ1) is 13.8. The van der Waals surface area contributed by atoms with Gasteiger partial charge in [0.05, 0.1) is 31.2 Å². The molecule has 29 heavy (non-hydrogen) atoms. The third-order valence-electron chi connectivity index (χ3n) is 4.45. The molecule has 0 bridgehead atoms. The van der Waals surface area contributed by atoms with Crippen molar-refractivity contribution in [3.8, 4) is 22.4 Å². The van der Waals surface area contributed by atoms with Crippen LogP contribution in [-0.4, -0.2) is 39.0 Å². The van der Waals surface area contributed by atoms with Crippen LogP contribution in [0.3, 0.4) is 0 Å². The van der Waals surface area contributed by atoms with Crippen LogP contribution in [0.1, 0.15) is 22.7 Å². The fourth-order valence-corrected chi connectivity index (χ4v) is 3.03. The zero-order valence-corrected chi connectivity index (χ0v) is 15.5. The maximum Gasteiger partial charge on any atom is 0.284 e. The number of alkyl halides is 2. The zero-order chi connectivity index (χ0) is 21.3. The summed E-state index contributed by atoms with van der Waals surface area (Å²) < 4.78 is 63.8. The molecule has 0 saturated carbocycles. The van der Waals surface area contributed by atoms with Gasteiger partial charge in [0, 0.05) is 30.8 Å². The van der Waals surface area contributed by atoms with Gasteiger partial charge in [0.2, 0.25) is 0 Å². The van der Waals surface area contributed by atoms with Crippen molar-refractivity contribution in [2.24, 2.45) is 12.8 Å². The summed E-state index contributed by atoms with van der Waals surface area (Å²) in [5.41, 5.74) is 3.97. The quantitative estimate of drug-likeness (QED) is 0.606. The molecule has 0 unspecified atom stereocenters. The van der Waals surface area contributed by atoms with Crippen molar-refractivity contribution in [1.82, 2.24) is 19.3 Å². The van der Waals surface area contributed by atoms with Crippen molar-refractivity contribution in [3.05, 3.63) is 47.7 Å². The molecule has 7 nitrogen and oxygen atoms in total. The van der Waals surface area contributed by atoms with E-state index in [1.807, 2.05) is 0 Å². The van der Waals surface area contributed by atoms with Crippen molar-refractivity contribution in [2.75, 3.05) is 13.7 Å². The topological polar surface area (TPSA) is 88.0 Å². The first-order valence-corrected chi connectivity index (χ1v) is 8.41. The Hall–Kier alpha value is -3.21. The number of imidazole rings is 1. The minimum Gasteiger partial charge on any atom is -0.383 e. The minimum absolute atomic E-state index is 0.0310. The van der Waals surface area contributed by atoms with E-state index in [1.165, 1.54) is 37.1 Å². The summed E-state index contributed by atoms with van der Waals surface area (Å²) in [5, 5.41) is 3.84. The number of primary amides is 1. The smallest absolute Gasteiger partial charge is 0.284 e. The second kappa shape index (κ2) is 8.03. The Labute approximate surface area is 162 Å². The Kier molecular flexibility index (Phi) is 5.69. The number of benzene rings is 1. The highest BCUT2D eigenvalue weighted by atomic mass is 19.3. The molecule has 3 aromatic rings. The third-order valence-corrected chi connectivity index (χ3v) is 4.45. The van der Waals surface area contributed by atoms with Crippen LogP contribution in [0.2, 0.25) is 0 Å². The van der Waals surface area contributed by atoms with Crippen molar-refractivity contribution in [2.45, 2.75) is 13.0 Å². The van der Waals surface area contributed by atoms with Crippen LogP contribution >= 0.6 is 0 Å². The lowest BCUT2D eigenvalue weighted by molar-refractivity contribution is 0.0987. The number of hydrogen-bond donors (Lipinski definition) is 1. The molecule has 3 rings (SSSR count). The third kappa shape index (κ3) is 3.60. The van der Waals surface area contributed by atoms with Crippen LogP contribution < -0.4 is 5.73 Å². The van der Waals surface area contributed by atoms with E-state index < -0.39 is 29.7 Å². The van der Waals surface area contributed by atoms with E-state index in [2.05, 4.69) is 10.1 Å². The number of ether oxygens (including phenoxy) is 1. The summed E-state index contributed by atoms with van der Waals surface area (Å²) in [7, 11) is 2.82. The summed E-state index contributed by atoms with van der Waals surface area (Å²) >= 11 is 0. The van der Waals surface area contributed by atoms with Gasteiger partial charge in [-0.25, -0.2) is 22.5 Å². The van der Waals surface area contributed by atoms with Crippen LogP contribution in [0.5, 0.6) is 0 Å². The first-order valence-electron chi connectivity index (χ1n) is 8.41. The number of hydrogen-bond acceptors (Lipinski definition) is 4. The molecular formula is C18H17F4N5O2. The van der Waals surface area contributed by atoms with E-state index in [9.17, 15) is 22.4 Å². The SMILES string of the molecule is COCCn1ncc(-c2ccc(-c3cnc(C(N)=O)n3C)c(F)c2F)c1C(F)F. The number of methoxy groups -OCH3 is 1. The Morgan fingerprint density at radius 2 is 1.83 bits per heavy atom. The summed E-state index contributed by atoms with van der Waals surface area (Å²) in [6.07, 6.45) is -0.726. The number of halogens is 4. The maximum atomic E-state index is 14.8. The molecule has 0 aliphatic carbocycles. The number of nitrogens with zero attached hydrogens (tertiary/aromatic N) is 4. The second-order valence-corrected chi connectivity index (χ2v) is 6.14. The summed E-state index contributed by atoms with van der Waals surface area (Å²) in [6, 6.07) is 2.39. The normalized spacial score (nSPS) is 11.4. The lowest BCUT2D eigenvalue weighted by Gasteiger charge is -2.11. The van der Waals surface area contributed by atoms with Crippen LogP contribution in [-0.2, 0) is 18.3 Å². The van der Waals surface area contributed by atoms with Gasteiger partial charge in [0.25, 0.3) is 12.3 Å². The highest BCUT2D eigenvalue weighted by molar-refractivity contribution is 5.90. The van der Waals surface area contributed by atoms with E-state index in [-0.39, 0.29) is 41.4 Å². The van der Waals surface area contributed by atoms with Gasteiger partial charge in [0.1, 0.15) is 5.69 Å². The number of aromatic nitrogens is 4. The van der Waals surface area contributed by atoms with Crippen LogP contribution in [0, 0.1) is 11.6 Å². The number of carbonyl (C=O) groups is 1. The monoisotopic (exact) mass is 411 g/mol. The molecule has 2 N–H and O–H groups in total. The predicted molar refractivity (Wildman–Crippen MR) is 95.1 cm³/mol. The van der Waals surface area contributed by atoms with Gasteiger partial charge in [-0.1, -0.05) is 6.07 Å². The molecule has 0 radical (unpaired) electrons. The Balaban J connectivity index is 2.10. The van der Waals surface area contributed by atoms with Gasteiger partial charge in [0.15, 0.2) is 17.5 Å². The van der Waals surface area contributed by atoms with Crippen molar-refractivity contribution in [1.29, 1.82) is 0 Å². The number of nitrogens with two attached hydrogens (primary N) is 1. The van der Waals surface area contributed by atoms with E-state index in [0.717, 1.165) is 10.9 Å².